The Labute approximate surface area is 133 Å². The molecule has 0 aliphatic rings. The van der Waals surface area contributed by atoms with Crippen molar-refractivity contribution in [2.45, 2.75) is 33.1 Å². The Morgan fingerprint density at radius 1 is 1.32 bits per heavy atom. The minimum absolute atomic E-state index is 0.182. The summed E-state index contributed by atoms with van der Waals surface area (Å²) in [5.74, 6) is -1.71. The fraction of sp³-hybridized carbons (Fsp3) is 0.312. The number of nitrogens with one attached hydrogen (secondary N) is 1. The number of aromatic carboxylic acids is 1. The van der Waals surface area contributed by atoms with Gasteiger partial charge < -0.3 is 10.4 Å². The third kappa shape index (κ3) is 3.51. The van der Waals surface area contributed by atoms with Crippen molar-refractivity contribution >= 4 is 28.9 Å². The summed E-state index contributed by atoms with van der Waals surface area (Å²) >= 11 is 1.05. The van der Waals surface area contributed by atoms with Gasteiger partial charge in [-0.25, -0.2) is 9.78 Å². The summed E-state index contributed by atoms with van der Waals surface area (Å²) in [6.07, 6.45) is 0.945. The second kappa shape index (κ2) is 6.70. The molecule has 2 N–H and O–H groups in total. The lowest BCUT2D eigenvalue weighted by atomic mass is 10.1. The van der Waals surface area contributed by atoms with Crippen LogP contribution in [0.2, 0.25) is 0 Å². The third-order valence-electron chi connectivity index (χ3n) is 3.40. The van der Waals surface area contributed by atoms with Crippen molar-refractivity contribution in [3.05, 3.63) is 45.4 Å². The molecule has 0 fully saturated rings. The largest absolute Gasteiger partial charge is 0.477 e. The zero-order valence-corrected chi connectivity index (χ0v) is 13.5. The van der Waals surface area contributed by atoms with E-state index in [1.165, 1.54) is 5.56 Å². The first-order valence-corrected chi connectivity index (χ1v) is 7.84. The molecule has 2 rings (SSSR count). The highest BCUT2D eigenvalue weighted by atomic mass is 32.1. The van der Waals surface area contributed by atoms with Crippen LogP contribution in [0.1, 0.15) is 45.7 Å². The van der Waals surface area contributed by atoms with Crippen LogP contribution in [-0.2, 0) is 11.2 Å². The Bertz CT molecular complexity index is 692. The van der Waals surface area contributed by atoms with E-state index in [9.17, 15) is 9.59 Å². The van der Waals surface area contributed by atoms with Crippen LogP contribution >= 0.6 is 11.3 Å². The monoisotopic (exact) mass is 318 g/mol. The van der Waals surface area contributed by atoms with Gasteiger partial charge >= 0.3 is 5.97 Å². The van der Waals surface area contributed by atoms with Crippen LogP contribution in [0.3, 0.4) is 0 Å². The molecule has 1 amide bonds. The van der Waals surface area contributed by atoms with Gasteiger partial charge in [0, 0.05) is 5.69 Å². The summed E-state index contributed by atoms with van der Waals surface area (Å²) in [7, 11) is 0. The normalized spacial score (nSPS) is 12.0. The van der Waals surface area contributed by atoms with Crippen molar-refractivity contribution in [3.8, 4) is 0 Å². The lowest BCUT2D eigenvalue weighted by molar-refractivity contribution is -0.117. The highest BCUT2D eigenvalue weighted by molar-refractivity contribution is 7.13. The Hall–Kier alpha value is -2.21. The molecular weight excluding hydrogens is 300 g/mol. The van der Waals surface area contributed by atoms with E-state index < -0.39 is 11.9 Å². The van der Waals surface area contributed by atoms with Gasteiger partial charge in [0.05, 0.1) is 11.6 Å². The van der Waals surface area contributed by atoms with Gasteiger partial charge in [-0.1, -0.05) is 19.1 Å². The number of rotatable bonds is 5. The molecule has 0 unspecified atom stereocenters. The molecule has 0 aliphatic carbocycles. The summed E-state index contributed by atoms with van der Waals surface area (Å²) in [6.45, 7) is 5.43. The molecule has 0 radical (unpaired) electrons. The maximum absolute atomic E-state index is 12.3. The van der Waals surface area contributed by atoms with Gasteiger partial charge in [0.1, 0.15) is 9.88 Å². The number of nitrogens with zero attached hydrogens (tertiary/aromatic N) is 1. The Kier molecular flexibility index (Phi) is 4.92. The molecule has 0 saturated carbocycles. The number of hydrogen-bond acceptors (Lipinski definition) is 4. The summed E-state index contributed by atoms with van der Waals surface area (Å²) in [5.41, 5.74) is 2.37. The lowest BCUT2D eigenvalue weighted by Gasteiger charge is -2.10. The van der Waals surface area contributed by atoms with E-state index in [0.29, 0.717) is 10.7 Å². The zero-order chi connectivity index (χ0) is 16.3. The number of benzene rings is 1. The molecule has 0 aliphatic heterocycles. The van der Waals surface area contributed by atoms with Crippen LogP contribution in [0.5, 0.6) is 0 Å². The van der Waals surface area contributed by atoms with Crippen LogP contribution in [0.4, 0.5) is 5.69 Å². The first kappa shape index (κ1) is 16.2. The van der Waals surface area contributed by atoms with Crippen molar-refractivity contribution < 1.29 is 14.7 Å². The summed E-state index contributed by atoms with van der Waals surface area (Å²) in [6, 6.07) is 7.66. The van der Waals surface area contributed by atoms with E-state index >= 15 is 0 Å². The number of aryl methyl sites for hydroxylation is 2. The molecular formula is C16H18N2O3S. The quantitative estimate of drug-likeness (QED) is 0.885. The van der Waals surface area contributed by atoms with E-state index in [0.717, 1.165) is 23.4 Å². The van der Waals surface area contributed by atoms with Crippen LogP contribution in [-0.4, -0.2) is 22.0 Å². The van der Waals surface area contributed by atoms with Crippen LogP contribution < -0.4 is 5.32 Å². The average molecular weight is 318 g/mol. The molecule has 0 saturated heterocycles. The van der Waals surface area contributed by atoms with Crippen molar-refractivity contribution in [1.29, 1.82) is 0 Å². The first-order chi connectivity index (χ1) is 10.4. The maximum atomic E-state index is 12.3. The average Bonchev–Trinajstić information content (AvgIpc) is 2.89. The number of carbonyl (C=O) groups excluding carboxylic acids is 1. The standard InChI is InChI=1S/C16H18N2O3S/c1-4-11-5-7-12(8-6-11)18-14(19)9(2)15-17-10(3)13(22-15)16(20)21/h5-9H,4H2,1-3H3,(H,18,19)(H,20,21)/t9-/m0/s1. The van der Waals surface area contributed by atoms with E-state index in [4.69, 9.17) is 5.11 Å². The predicted octanol–water partition coefficient (Wildman–Crippen LogP) is 3.45. The van der Waals surface area contributed by atoms with Gasteiger partial charge in [0.25, 0.3) is 0 Å². The van der Waals surface area contributed by atoms with Crippen molar-refractivity contribution in [1.82, 2.24) is 4.98 Å². The van der Waals surface area contributed by atoms with Gasteiger partial charge in [-0.05, 0) is 38.0 Å². The number of anilines is 1. The Morgan fingerprint density at radius 3 is 2.45 bits per heavy atom. The lowest BCUT2D eigenvalue weighted by Crippen LogP contribution is -2.18. The SMILES string of the molecule is CCc1ccc(NC(=O)[C@H](C)c2nc(C)c(C(=O)O)s2)cc1. The second-order valence-corrected chi connectivity index (χ2v) is 6.06. The summed E-state index contributed by atoms with van der Waals surface area (Å²) in [5, 5.41) is 12.4. The molecule has 0 bridgehead atoms. The number of hydrogen-bond donors (Lipinski definition) is 2. The molecule has 5 nitrogen and oxygen atoms in total. The fourth-order valence-corrected chi connectivity index (χ4v) is 2.94. The van der Waals surface area contributed by atoms with Gasteiger partial charge in [0.2, 0.25) is 5.91 Å². The molecule has 1 aromatic heterocycles. The summed E-state index contributed by atoms with van der Waals surface area (Å²) in [4.78, 5) is 27.7. The highest BCUT2D eigenvalue weighted by Gasteiger charge is 2.22. The van der Waals surface area contributed by atoms with Crippen LogP contribution in [0.25, 0.3) is 0 Å². The third-order valence-corrected chi connectivity index (χ3v) is 4.73. The van der Waals surface area contributed by atoms with E-state index in [-0.39, 0.29) is 10.8 Å². The smallest absolute Gasteiger partial charge is 0.347 e. The minimum atomic E-state index is -1.01. The molecule has 1 atom stereocenters. The number of amides is 1. The van der Waals surface area contributed by atoms with Crippen molar-refractivity contribution in [2.24, 2.45) is 0 Å². The Balaban J connectivity index is 2.11. The van der Waals surface area contributed by atoms with Crippen molar-refractivity contribution in [2.75, 3.05) is 5.32 Å². The molecule has 2 aromatic rings. The van der Waals surface area contributed by atoms with Gasteiger partial charge in [-0.2, -0.15) is 0 Å². The molecule has 6 heteroatoms. The van der Waals surface area contributed by atoms with Gasteiger partial charge in [0.15, 0.2) is 0 Å². The number of thiazole rings is 1. The summed E-state index contributed by atoms with van der Waals surface area (Å²) < 4.78 is 0. The topological polar surface area (TPSA) is 79.3 Å². The van der Waals surface area contributed by atoms with Crippen LogP contribution in [0.15, 0.2) is 24.3 Å². The molecule has 22 heavy (non-hydrogen) atoms. The highest BCUT2D eigenvalue weighted by Crippen LogP contribution is 2.26. The Morgan fingerprint density at radius 2 is 1.95 bits per heavy atom. The zero-order valence-electron chi connectivity index (χ0n) is 12.7. The van der Waals surface area contributed by atoms with E-state index in [2.05, 4.69) is 17.2 Å². The van der Waals surface area contributed by atoms with Gasteiger partial charge in [-0.15, -0.1) is 11.3 Å². The predicted molar refractivity (Wildman–Crippen MR) is 86.7 cm³/mol. The molecule has 0 spiro atoms. The molecule has 116 valence electrons. The van der Waals surface area contributed by atoms with E-state index in [1.807, 2.05) is 24.3 Å². The fourth-order valence-electron chi connectivity index (χ4n) is 1.99. The minimum Gasteiger partial charge on any atom is -0.477 e. The molecule has 1 heterocycles. The number of aromatic nitrogens is 1. The number of carboxylic acids is 1. The molecule has 1 aromatic carbocycles. The van der Waals surface area contributed by atoms with E-state index in [1.54, 1.807) is 13.8 Å². The van der Waals surface area contributed by atoms with Crippen molar-refractivity contribution in [3.63, 3.8) is 0 Å². The van der Waals surface area contributed by atoms with Crippen LogP contribution in [0, 0.1) is 6.92 Å². The van der Waals surface area contributed by atoms with Gasteiger partial charge in [-0.3, -0.25) is 4.79 Å². The maximum Gasteiger partial charge on any atom is 0.347 e. The second-order valence-electron chi connectivity index (χ2n) is 5.03. The number of carboxylic acid groups (broad SMARTS) is 1. The number of carbonyl (C=O) groups is 2. The first-order valence-electron chi connectivity index (χ1n) is 7.02.